The molecule has 4 heteroatoms. The molecule has 0 spiro atoms. The number of nitrogens with one attached hydrogen (secondary N) is 2. The lowest BCUT2D eigenvalue weighted by atomic mass is 10.0. The van der Waals surface area contributed by atoms with E-state index < -0.39 is 0 Å². The van der Waals surface area contributed by atoms with Crippen molar-refractivity contribution in [3.8, 4) is 0 Å². The molecule has 0 bridgehead atoms. The first kappa shape index (κ1) is 17.3. The molecule has 23 heavy (non-hydrogen) atoms. The Morgan fingerprint density at radius 1 is 1.09 bits per heavy atom. The Labute approximate surface area is 139 Å². The molecule has 0 fully saturated rings. The van der Waals surface area contributed by atoms with Crippen LogP contribution in [-0.4, -0.2) is 24.0 Å². The Morgan fingerprint density at radius 3 is 2.61 bits per heavy atom. The SMILES string of the molecule is CCNC(=NCc1ccnc2ccccc12)NCC(CC)CC. The maximum Gasteiger partial charge on any atom is 0.191 e. The number of hydrogen-bond donors (Lipinski definition) is 2. The maximum absolute atomic E-state index is 4.74. The van der Waals surface area contributed by atoms with Crippen LogP contribution in [0.1, 0.15) is 39.2 Å². The number of rotatable bonds is 7. The topological polar surface area (TPSA) is 49.3 Å². The van der Waals surface area contributed by atoms with Gasteiger partial charge in [0, 0.05) is 24.7 Å². The molecule has 0 amide bonds. The second-order valence-electron chi connectivity index (χ2n) is 5.75. The minimum atomic E-state index is 0.654. The van der Waals surface area contributed by atoms with Gasteiger partial charge < -0.3 is 10.6 Å². The first-order valence-electron chi connectivity index (χ1n) is 8.63. The maximum atomic E-state index is 4.74. The fourth-order valence-electron chi connectivity index (χ4n) is 2.62. The molecule has 1 aromatic heterocycles. The van der Waals surface area contributed by atoms with Crippen LogP contribution in [0.25, 0.3) is 10.9 Å². The van der Waals surface area contributed by atoms with Crippen LogP contribution in [0, 0.1) is 5.92 Å². The van der Waals surface area contributed by atoms with E-state index in [1.165, 1.54) is 23.8 Å². The Morgan fingerprint density at radius 2 is 1.87 bits per heavy atom. The number of aliphatic imine (C=N–C) groups is 1. The second kappa shape index (κ2) is 9.13. The van der Waals surface area contributed by atoms with Crippen molar-refractivity contribution in [2.75, 3.05) is 13.1 Å². The highest BCUT2D eigenvalue weighted by molar-refractivity contribution is 5.83. The third-order valence-corrected chi connectivity index (χ3v) is 4.20. The predicted molar refractivity (Wildman–Crippen MR) is 98.6 cm³/mol. The van der Waals surface area contributed by atoms with Gasteiger partial charge in [-0.05, 0) is 30.5 Å². The van der Waals surface area contributed by atoms with Gasteiger partial charge in [-0.2, -0.15) is 0 Å². The number of aromatic nitrogens is 1. The van der Waals surface area contributed by atoms with Gasteiger partial charge in [0.25, 0.3) is 0 Å². The summed E-state index contributed by atoms with van der Waals surface area (Å²) >= 11 is 0. The summed E-state index contributed by atoms with van der Waals surface area (Å²) in [7, 11) is 0. The molecular formula is C19H28N4. The monoisotopic (exact) mass is 312 g/mol. The fraction of sp³-hybridized carbons (Fsp3) is 0.474. The Hall–Kier alpha value is -2.10. The van der Waals surface area contributed by atoms with Crippen molar-refractivity contribution in [3.63, 3.8) is 0 Å². The van der Waals surface area contributed by atoms with Crippen LogP contribution in [0.3, 0.4) is 0 Å². The molecule has 1 aromatic carbocycles. The first-order valence-corrected chi connectivity index (χ1v) is 8.63. The lowest BCUT2D eigenvalue weighted by molar-refractivity contribution is 0.481. The summed E-state index contributed by atoms with van der Waals surface area (Å²) in [4.78, 5) is 9.15. The molecule has 124 valence electrons. The van der Waals surface area contributed by atoms with Crippen LogP contribution in [0.4, 0.5) is 0 Å². The van der Waals surface area contributed by atoms with E-state index in [0.29, 0.717) is 12.5 Å². The van der Waals surface area contributed by atoms with Gasteiger partial charge in [-0.15, -0.1) is 0 Å². The number of fused-ring (bicyclic) bond motifs is 1. The predicted octanol–water partition coefficient (Wildman–Crippen LogP) is 3.73. The van der Waals surface area contributed by atoms with E-state index in [-0.39, 0.29) is 0 Å². The number of guanidine groups is 1. The first-order chi connectivity index (χ1) is 11.3. The average Bonchev–Trinajstić information content (AvgIpc) is 2.60. The molecule has 0 unspecified atom stereocenters. The number of hydrogen-bond acceptors (Lipinski definition) is 2. The van der Waals surface area contributed by atoms with Crippen LogP contribution >= 0.6 is 0 Å². The van der Waals surface area contributed by atoms with E-state index in [1.54, 1.807) is 0 Å². The summed E-state index contributed by atoms with van der Waals surface area (Å²) in [5.74, 6) is 1.58. The van der Waals surface area contributed by atoms with E-state index in [2.05, 4.69) is 48.5 Å². The van der Waals surface area contributed by atoms with Gasteiger partial charge in [0.15, 0.2) is 5.96 Å². The third-order valence-electron chi connectivity index (χ3n) is 4.20. The zero-order valence-corrected chi connectivity index (χ0v) is 14.5. The van der Waals surface area contributed by atoms with Crippen LogP contribution < -0.4 is 10.6 Å². The molecule has 0 saturated carbocycles. The molecule has 0 aliphatic carbocycles. The molecule has 2 rings (SSSR count). The van der Waals surface area contributed by atoms with Crippen molar-refractivity contribution in [1.29, 1.82) is 0 Å². The van der Waals surface area contributed by atoms with Crippen molar-refractivity contribution >= 4 is 16.9 Å². The molecule has 2 N–H and O–H groups in total. The van der Waals surface area contributed by atoms with Gasteiger partial charge >= 0.3 is 0 Å². The molecule has 0 atom stereocenters. The van der Waals surface area contributed by atoms with E-state index in [4.69, 9.17) is 4.99 Å². The zero-order chi connectivity index (χ0) is 16.5. The summed E-state index contributed by atoms with van der Waals surface area (Å²) in [5, 5.41) is 7.97. The molecule has 0 aliphatic heterocycles. The van der Waals surface area contributed by atoms with Crippen LogP contribution in [-0.2, 0) is 6.54 Å². The third kappa shape index (κ3) is 4.95. The molecule has 2 aromatic rings. The van der Waals surface area contributed by atoms with Crippen molar-refractivity contribution in [1.82, 2.24) is 15.6 Å². The molecule has 0 aliphatic rings. The van der Waals surface area contributed by atoms with Gasteiger partial charge in [-0.25, -0.2) is 4.99 Å². The van der Waals surface area contributed by atoms with Crippen LogP contribution in [0.2, 0.25) is 0 Å². The molecule has 0 radical (unpaired) electrons. The number of nitrogens with zero attached hydrogens (tertiary/aromatic N) is 2. The minimum Gasteiger partial charge on any atom is -0.357 e. The quantitative estimate of drug-likeness (QED) is 0.605. The largest absolute Gasteiger partial charge is 0.357 e. The molecule has 0 saturated heterocycles. The lowest BCUT2D eigenvalue weighted by Crippen LogP contribution is -2.39. The Kier molecular flexibility index (Phi) is 6.85. The van der Waals surface area contributed by atoms with Gasteiger partial charge in [-0.1, -0.05) is 44.9 Å². The van der Waals surface area contributed by atoms with Gasteiger partial charge in [-0.3, -0.25) is 4.98 Å². The minimum absolute atomic E-state index is 0.654. The van der Waals surface area contributed by atoms with Crippen molar-refractivity contribution < 1.29 is 0 Å². The van der Waals surface area contributed by atoms with Crippen LogP contribution in [0.15, 0.2) is 41.5 Å². The smallest absolute Gasteiger partial charge is 0.191 e. The highest BCUT2D eigenvalue weighted by atomic mass is 15.2. The highest BCUT2D eigenvalue weighted by Gasteiger charge is 2.05. The van der Waals surface area contributed by atoms with E-state index >= 15 is 0 Å². The van der Waals surface area contributed by atoms with E-state index in [1.807, 2.05) is 24.4 Å². The Bertz CT molecular complexity index is 627. The summed E-state index contributed by atoms with van der Waals surface area (Å²) in [5.41, 5.74) is 2.23. The normalized spacial score (nSPS) is 11.9. The summed E-state index contributed by atoms with van der Waals surface area (Å²) in [6.07, 6.45) is 4.24. The molecule has 1 heterocycles. The van der Waals surface area contributed by atoms with E-state index in [0.717, 1.165) is 24.6 Å². The van der Waals surface area contributed by atoms with Gasteiger partial charge in [0.1, 0.15) is 0 Å². The summed E-state index contributed by atoms with van der Waals surface area (Å²) < 4.78 is 0. The van der Waals surface area contributed by atoms with Gasteiger partial charge in [0.05, 0.1) is 12.1 Å². The highest BCUT2D eigenvalue weighted by Crippen LogP contribution is 2.16. The lowest BCUT2D eigenvalue weighted by Gasteiger charge is -2.16. The second-order valence-corrected chi connectivity index (χ2v) is 5.75. The number of pyridine rings is 1. The van der Waals surface area contributed by atoms with E-state index in [9.17, 15) is 0 Å². The standard InChI is InChI=1S/C19H28N4/c1-4-15(5-2)13-22-19(20-6-3)23-14-16-11-12-21-18-10-8-7-9-17(16)18/h7-12,15H,4-6,13-14H2,1-3H3,(H2,20,22,23). The fourth-order valence-corrected chi connectivity index (χ4v) is 2.62. The number of benzene rings is 1. The Balaban J connectivity index is 2.09. The zero-order valence-electron chi connectivity index (χ0n) is 14.5. The van der Waals surface area contributed by atoms with Crippen molar-refractivity contribution in [2.45, 2.75) is 40.2 Å². The average molecular weight is 312 g/mol. The van der Waals surface area contributed by atoms with Gasteiger partial charge in [0.2, 0.25) is 0 Å². The van der Waals surface area contributed by atoms with Crippen molar-refractivity contribution in [2.24, 2.45) is 10.9 Å². The summed E-state index contributed by atoms with van der Waals surface area (Å²) in [6, 6.07) is 10.3. The van der Waals surface area contributed by atoms with Crippen LogP contribution in [0.5, 0.6) is 0 Å². The number of para-hydroxylation sites is 1. The van der Waals surface area contributed by atoms with Crippen molar-refractivity contribution in [3.05, 3.63) is 42.1 Å². The molecule has 4 nitrogen and oxygen atoms in total. The summed E-state index contributed by atoms with van der Waals surface area (Å²) in [6.45, 7) is 9.06. The molecular weight excluding hydrogens is 284 g/mol.